The van der Waals surface area contributed by atoms with E-state index in [0.717, 1.165) is 44.9 Å². The van der Waals surface area contributed by atoms with Crippen LogP contribution in [0, 0.1) is 5.92 Å². The van der Waals surface area contributed by atoms with Gasteiger partial charge in [0, 0.05) is 32.2 Å². The van der Waals surface area contributed by atoms with Gasteiger partial charge in [-0.15, -0.1) is 0 Å². The van der Waals surface area contributed by atoms with Gasteiger partial charge in [0.1, 0.15) is 0 Å². The minimum Gasteiger partial charge on any atom is -0.313 e. The Morgan fingerprint density at radius 2 is 1.64 bits per heavy atom. The highest BCUT2D eigenvalue weighted by Gasteiger charge is 2.17. The Hall–Kier alpha value is -1.16. The number of hydrogen-bond donors (Lipinski definition) is 3. The minimum absolute atomic E-state index is 0.549. The van der Waals surface area contributed by atoms with Gasteiger partial charge in [0.25, 0.3) is 0 Å². The van der Waals surface area contributed by atoms with Gasteiger partial charge in [-0.3, -0.25) is 0 Å². The number of hydrogen-bond acceptors (Lipinski definition) is 3. The summed E-state index contributed by atoms with van der Waals surface area (Å²) in [6.45, 7) is 5.21. The van der Waals surface area contributed by atoms with Crippen molar-refractivity contribution >= 4 is 0 Å². The molecule has 0 aromatic rings. The Labute approximate surface area is 153 Å². The average molecular weight is 342 g/mol. The highest BCUT2D eigenvalue weighted by Crippen LogP contribution is 2.23. The molecule has 138 valence electrons. The molecular weight excluding hydrogens is 306 g/mol. The molecule has 1 unspecified atom stereocenters. The summed E-state index contributed by atoms with van der Waals surface area (Å²) in [6, 6.07) is 0.549. The second-order valence-electron chi connectivity index (χ2n) is 7.66. The van der Waals surface area contributed by atoms with Crippen LogP contribution in [0.15, 0.2) is 47.6 Å². The monoisotopic (exact) mass is 341 g/mol. The topological polar surface area (TPSA) is 36.1 Å². The zero-order chi connectivity index (χ0) is 17.2. The van der Waals surface area contributed by atoms with Crippen LogP contribution in [0.4, 0.5) is 0 Å². The zero-order valence-corrected chi connectivity index (χ0v) is 15.6. The molecule has 3 nitrogen and oxygen atoms in total. The maximum Gasteiger partial charge on any atom is 0.0236 e. The van der Waals surface area contributed by atoms with Gasteiger partial charge in [-0.2, -0.15) is 0 Å². The lowest BCUT2D eigenvalue weighted by atomic mass is 9.89. The van der Waals surface area contributed by atoms with Gasteiger partial charge in [0.2, 0.25) is 0 Å². The van der Waals surface area contributed by atoms with E-state index in [0.29, 0.717) is 6.04 Å². The molecule has 1 aliphatic heterocycles. The van der Waals surface area contributed by atoms with Crippen molar-refractivity contribution in [1.29, 1.82) is 0 Å². The Bertz CT molecular complexity index is 509. The third-order valence-electron chi connectivity index (χ3n) is 5.61. The molecule has 3 rings (SSSR count). The fourth-order valence-electron chi connectivity index (χ4n) is 4.09. The smallest absolute Gasteiger partial charge is 0.0236 e. The molecule has 0 saturated heterocycles. The summed E-state index contributed by atoms with van der Waals surface area (Å²) >= 11 is 0. The Morgan fingerprint density at radius 1 is 0.920 bits per heavy atom. The number of rotatable bonds is 8. The maximum atomic E-state index is 3.65. The summed E-state index contributed by atoms with van der Waals surface area (Å²) in [5.74, 6) is 0.921. The summed E-state index contributed by atoms with van der Waals surface area (Å²) in [5, 5.41) is 10.8. The van der Waals surface area contributed by atoms with Crippen LogP contribution < -0.4 is 16.0 Å². The van der Waals surface area contributed by atoms with Crippen LogP contribution in [0.5, 0.6) is 0 Å². The van der Waals surface area contributed by atoms with Crippen molar-refractivity contribution in [3.05, 3.63) is 47.6 Å². The molecule has 0 spiro atoms. The first-order valence-electron chi connectivity index (χ1n) is 10.3. The van der Waals surface area contributed by atoms with E-state index in [4.69, 9.17) is 0 Å². The standard InChI is InChI=1S/C22H35N3/c1-3-9-19(10-4-1)16-23-13-7-8-14-24-18-22-15-20-11-5-2-6-12-21(20)17-25-22/h5-8,11-12,19,22-25H,1-4,9-10,13-18H2/b8-7+. The molecule has 3 aliphatic rings. The lowest BCUT2D eigenvalue weighted by Crippen LogP contribution is -2.42. The molecule has 0 amide bonds. The fraction of sp³-hybridized carbons (Fsp3) is 0.636. The van der Waals surface area contributed by atoms with Gasteiger partial charge in [0.15, 0.2) is 0 Å². The first-order chi connectivity index (χ1) is 12.4. The summed E-state index contributed by atoms with van der Waals surface area (Å²) < 4.78 is 0. The zero-order valence-electron chi connectivity index (χ0n) is 15.6. The van der Waals surface area contributed by atoms with E-state index < -0.39 is 0 Å². The molecule has 2 aliphatic carbocycles. The SMILES string of the molecule is C1=CC2=C(C=CC1)CC(CNC/C=C/CNCC1CCCCC1)NC2. The molecule has 25 heavy (non-hydrogen) atoms. The normalized spacial score (nSPS) is 24.7. The average Bonchev–Trinajstić information content (AvgIpc) is 2.89. The van der Waals surface area contributed by atoms with Crippen molar-refractivity contribution < 1.29 is 0 Å². The molecule has 3 N–H and O–H groups in total. The first kappa shape index (κ1) is 18.6. The first-order valence-corrected chi connectivity index (χ1v) is 10.3. The highest BCUT2D eigenvalue weighted by molar-refractivity contribution is 5.39. The largest absolute Gasteiger partial charge is 0.313 e. The van der Waals surface area contributed by atoms with Crippen LogP contribution in [0.25, 0.3) is 0 Å². The van der Waals surface area contributed by atoms with E-state index in [1.807, 2.05) is 0 Å². The van der Waals surface area contributed by atoms with Gasteiger partial charge in [-0.05, 0) is 49.3 Å². The van der Waals surface area contributed by atoms with E-state index in [2.05, 4.69) is 52.4 Å². The summed E-state index contributed by atoms with van der Waals surface area (Å²) in [7, 11) is 0. The molecule has 1 fully saturated rings. The van der Waals surface area contributed by atoms with Crippen molar-refractivity contribution in [3.63, 3.8) is 0 Å². The minimum atomic E-state index is 0.549. The fourth-order valence-corrected chi connectivity index (χ4v) is 4.09. The van der Waals surface area contributed by atoms with Gasteiger partial charge < -0.3 is 16.0 Å². The van der Waals surface area contributed by atoms with Crippen LogP contribution in [0.2, 0.25) is 0 Å². The molecule has 0 aromatic heterocycles. The number of nitrogens with one attached hydrogen (secondary N) is 3. The second-order valence-corrected chi connectivity index (χ2v) is 7.66. The van der Waals surface area contributed by atoms with E-state index in [1.54, 1.807) is 0 Å². The van der Waals surface area contributed by atoms with E-state index in [-0.39, 0.29) is 0 Å². The van der Waals surface area contributed by atoms with Gasteiger partial charge in [0.05, 0.1) is 0 Å². The molecular formula is C22H35N3. The lowest BCUT2D eigenvalue weighted by molar-refractivity contribution is 0.346. The Kier molecular flexibility index (Phi) is 8.01. The van der Waals surface area contributed by atoms with Gasteiger partial charge in [-0.1, -0.05) is 55.7 Å². The van der Waals surface area contributed by atoms with Crippen LogP contribution in [-0.2, 0) is 0 Å². The van der Waals surface area contributed by atoms with Crippen molar-refractivity contribution in [2.45, 2.75) is 51.0 Å². The molecule has 1 heterocycles. The van der Waals surface area contributed by atoms with Gasteiger partial charge >= 0.3 is 0 Å². The number of allylic oxidation sites excluding steroid dienone is 3. The Morgan fingerprint density at radius 3 is 2.44 bits per heavy atom. The van der Waals surface area contributed by atoms with E-state index in [9.17, 15) is 0 Å². The highest BCUT2D eigenvalue weighted by atomic mass is 15.0. The van der Waals surface area contributed by atoms with Crippen LogP contribution in [0.1, 0.15) is 44.9 Å². The summed E-state index contributed by atoms with van der Waals surface area (Å²) in [5.41, 5.74) is 2.98. The second kappa shape index (κ2) is 10.7. The third kappa shape index (κ3) is 6.58. The van der Waals surface area contributed by atoms with Crippen molar-refractivity contribution in [2.75, 3.05) is 32.7 Å². The van der Waals surface area contributed by atoms with Crippen molar-refractivity contribution in [1.82, 2.24) is 16.0 Å². The van der Waals surface area contributed by atoms with Crippen LogP contribution in [-0.4, -0.2) is 38.8 Å². The van der Waals surface area contributed by atoms with E-state index >= 15 is 0 Å². The molecule has 1 saturated carbocycles. The predicted molar refractivity (Wildman–Crippen MR) is 108 cm³/mol. The maximum absolute atomic E-state index is 3.65. The lowest BCUT2D eigenvalue weighted by Gasteiger charge is -2.26. The molecule has 0 radical (unpaired) electrons. The Balaban J connectivity index is 1.24. The van der Waals surface area contributed by atoms with Gasteiger partial charge in [-0.25, -0.2) is 0 Å². The molecule has 1 atom stereocenters. The summed E-state index contributed by atoms with van der Waals surface area (Å²) in [4.78, 5) is 0. The summed E-state index contributed by atoms with van der Waals surface area (Å²) in [6.07, 6.45) is 23.0. The predicted octanol–water partition coefficient (Wildman–Crippen LogP) is 3.48. The quantitative estimate of drug-likeness (QED) is 0.467. The van der Waals surface area contributed by atoms with Crippen molar-refractivity contribution in [3.8, 4) is 0 Å². The van der Waals surface area contributed by atoms with Crippen molar-refractivity contribution in [2.24, 2.45) is 5.92 Å². The van der Waals surface area contributed by atoms with E-state index in [1.165, 1.54) is 49.8 Å². The molecule has 3 heteroatoms. The van der Waals surface area contributed by atoms with Crippen LogP contribution in [0.3, 0.4) is 0 Å². The third-order valence-corrected chi connectivity index (χ3v) is 5.61. The molecule has 0 bridgehead atoms. The molecule has 0 aromatic carbocycles. The van der Waals surface area contributed by atoms with Crippen LogP contribution >= 0.6 is 0 Å².